The van der Waals surface area contributed by atoms with Crippen LogP contribution < -0.4 is 16.4 Å². The largest absolute Gasteiger partial charge is 0.504 e. The molecule has 0 aliphatic carbocycles. The Bertz CT molecular complexity index is 1020. The summed E-state index contributed by atoms with van der Waals surface area (Å²) in [5.41, 5.74) is 14.5. The molecule has 0 amide bonds. The predicted octanol–water partition coefficient (Wildman–Crippen LogP) is 2.32. The fourth-order valence-electron chi connectivity index (χ4n) is 4.12. The Morgan fingerprint density at radius 2 is 2.10 bits per heavy atom. The number of pyridine rings is 2. The van der Waals surface area contributed by atoms with E-state index in [1.54, 1.807) is 11.0 Å². The third-order valence-electron chi connectivity index (χ3n) is 5.54. The Labute approximate surface area is 174 Å². The normalized spacial score (nSPS) is 22.6. The standard InChI is InChI=1S/C21H26FN7O/c1-12-10-29(21(24)27-18(12)14-4-3-7-28(2)11-14)20-16(30)9-15(22)19(26-20)13-5-6-25-17(23)8-13/h5-6,8-10,14,21,30H,3-4,7,11,24H2,1-2H3,(H2,23,25). The molecule has 2 aliphatic rings. The summed E-state index contributed by atoms with van der Waals surface area (Å²) in [5.74, 6) is -0.271. The van der Waals surface area contributed by atoms with Gasteiger partial charge in [-0.05, 0) is 51.1 Å². The predicted molar refractivity (Wildman–Crippen MR) is 115 cm³/mol. The van der Waals surface area contributed by atoms with Gasteiger partial charge in [-0.3, -0.25) is 10.6 Å². The summed E-state index contributed by atoms with van der Waals surface area (Å²) in [4.78, 5) is 16.8. The molecule has 4 heterocycles. The topological polar surface area (TPSA) is 117 Å². The number of aliphatic imine (C=N–C) groups is 1. The number of allylic oxidation sites excluding steroid dienone is 1. The molecule has 2 atom stereocenters. The van der Waals surface area contributed by atoms with Crippen molar-refractivity contribution in [3.05, 3.63) is 42.0 Å². The van der Waals surface area contributed by atoms with Gasteiger partial charge in [0.25, 0.3) is 0 Å². The van der Waals surface area contributed by atoms with E-state index in [-0.39, 0.29) is 23.1 Å². The van der Waals surface area contributed by atoms with Gasteiger partial charge in [0, 0.05) is 42.2 Å². The molecule has 1 saturated heterocycles. The third kappa shape index (κ3) is 3.86. The summed E-state index contributed by atoms with van der Waals surface area (Å²) in [6.07, 6.45) is 4.72. The van der Waals surface area contributed by atoms with Crippen LogP contribution in [0.15, 0.2) is 41.2 Å². The zero-order chi connectivity index (χ0) is 21.4. The SMILES string of the molecule is CC1=CN(c2nc(-c3ccnc(N)c3)c(F)cc2O)C(N)N=C1C1CCCN(C)C1. The fraction of sp³-hybridized carbons (Fsp3) is 0.381. The first-order chi connectivity index (χ1) is 14.3. The van der Waals surface area contributed by atoms with E-state index in [1.165, 1.54) is 12.3 Å². The number of nitrogens with two attached hydrogens (primary N) is 2. The van der Waals surface area contributed by atoms with Crippen LogP contribution >= 0.6 is 0 Å². The van der Waals surface area contributed by atoms with Crippen molar-refractivity contribution < 1.29 is 9.50 Å². The number of halogens is 1. The molecule has 2 aliphatic heterocycles. The average Bonchev–Trinajstić information content (AvgIpc) is 2.70. The molecule has 0 saturated carbocycles. The second-order valence-corrected chi connectivity index (χ2v) is 7.88. The number of aromatic hydroxyl groups is 1. The maximum absolute atomic E-state index is 14.5. The van der Waals surface area contributed by atoms with E-state index in [9.17, 15) is 9.50 Å². The van der Waals surface area contributed by atoms with Crippen LogP contribution in [0.4, 0.5) is 16.0 Å². The van der Waals surface area contributed by atoms with Gasteiger partial charge < -0.3 is 15.7 Å². The third-order valence-corrected chi connectivity index (χ3v) is 5.54. The number of hydrogen-bond acceptors (Lipinski definition) is 8. The molecule has 2 aromatic rings. The summed E-state index contributed by atoms with van der Waals surface area (Å²) in [7, 11) is 2.11. The van der Waals surface area contributed by atoms with E-state index in [1.807, 2.05) is 13.1 Å². The molecule has 4 rings (SSSR count). The molecule has 2 aromatic heterocycles. The number of likely N-dealkylation sites (tertiary alicyclic amines) is 1. The Morgan fingerprint density at radius 1 is 1.30 bits per heavy atom. The van der Waals surface area contributed by atoms with Crippen LogP contribution in [0.25, 0.3) is 11.3 Å². The number of nitrogens with zero attached hydrogens (tertiary/aromatic N) is 5. The van der Waals surface area contributed by atoms with Gasteiger partial charge in [0.1, 0.15) is 11.5 Å². The molecular weight excluding hydrogens is 385 g/mol. The summed E-state index contributed by atoms with van der Waals surface area (Å²) < 4.78 is 14.5. The van der Waals surface area contributed by atoms with E-state index in [2.05, 4.69) is 21.9 Å². The molecule has 30 heavy (non-hydrogen) atoms. The highest BCUT2D eigenvalue weighted by Crippen LogP contribution is 2.35. The molecule has 0 bridgehead atoms. The Kier molecular flexibility index (Phi) is 5.40. The van der Waals surface area contributed by atoms with Gasteiger partial charge in [0.15, 0.2) is 23.7 Å². The van der Waals surface area contributed by atoms with Crippen molar-refractivity contribution in [2.75, 3.05) is 30.8 Å². The van der Waals surface area contributed by atoms with Crippen molar-refractivity contribution in [3.8, 4) is 17.0 Å². The van der Waals surface area contributed by atoms with E-state index in [0.29, 0.717) is 11.5 Å². The summed E-state index contributed by atoms with van der Waals surface area (Å²) in [6, 6.07) is 4.16. The molecule has 0 spiro atoms. The monoisotopic (exact) mass is 411 g/mol. The van der Waals surface area contributed by atoms with E-state index < -0.39 is 12.1 Å². The first-order valence-electron chi connectivity index (χ1n) is 9.94. The Balaban J connectivity index is 1.68. The zero-order valence-electron chi connectivity index (χ0n) is 17.1. The number of hydrogen-bond donors (Lipinski definition) is 3. The molecular formula is C21H26FN7O. The second-order valence-electron chi connectivity index (χ2n) is 7.88. The number of piperidine rings is 1. The average molecular weight is 411 g/mol. The summed E-state index contributed by atoms with van der Waals surface area (Å²) in [6.45, 7) is 3.99. The van der Waals surface area contributed by atoms with Crippen molar-refractivity contribution in [1.82, 2.24) is 14.9 Å². The smallest absolute Gasteiger partial charge is 0.179 e. The first kappa shape index (κ1) is 20.2. The van der Waals surface area contributed by atoms with Crippen LogP contribution in [0.2, 0.25) is 0 Å². The lowest BCUT2D eigenvalue weighted by atomic mass is 9.89. The second kappa shape index (κ2) is 8.00. The highest BCUT2D eigenvalue weighted by molar-refractivity contribution is 6.03. The van der Waals surface area contributed by atoms with Crippen LogP contribution in [-0.2, 0) is 0 Å². The van der Waals surface area contributed by atoms with Crippen molar-refractivity contribution in [2.24, 2.45) is 16.6 Å². The minimum Gasteiger partial charge on any atom is -0.504 e. The molecule has 0 radical (unpaired) electrons. The van der Waals surface area contributed by atoms with Gasteiger partial charge in [-0.15, -0.1) is 0 Å². The van der Waals surface area contributed by atoms with Gasteiger partial charge in [-0.1, -0.05) is 0 Å². The first-order valence-corrected chi connectivity index (χ1v) is 9.94. The van der Waals surface area contributed by atoms with Crippen molar-refractivity contribution >= 4 is 17.3 Å². The summed E-state index contributed by atoms with van der Waals surface area (Å²) in [5, 5.41) is 10.4. The van der Waals surface area contributed by atoms with Crippen LogP contribution in [0.5, 0.6) is 5.75 Å². The maximum Gasteiger partial charge on any atom is 0.179 e. The minimum absolute atomic E-state index is 0.0545. The highest BCUT2D eigenvalue weighted by Gasteiger charge is 2.30. The minimum atomic E-state index is -0.768. The number of aromatic nitrogens is 2. The molecule has 1 fully saturated rings. The van der Waals surface area contributed by atoms with Crippen LogP contribution in [0.3, 0.4) is 0 Å². The van der Waals surface area contributed by atoms with Gasteiger partial charge in [0.2, 0.25) is 0 Å². The van der Waals surface area contributed by atoms with Crippen LogP contribution in [-0.4, -0.2) is 52.1 Å². The number of nitrogen functional groups attached to an aromatic ring is 1. The quantitative estimate of drug-likeness (QED) is 0.709. The van der Waals surface area contributed by atoms with E-state index in [4.69, 9.17) is 16.5 Å². The fourth-order valence-corrected chi connectivity index (χ4v) is 4.12. The lowest BCUT2D eigenvalue weighted by molar-refractivity contribution is 0.246. The van der Waals surface area contributed by atoms with E-state index in [0.717, 1.165) is 43.3 Å². The van der Waals surface area contributed by atoms with Crippen molar-refractivity contribution in [3.63, 3.8) is 0 Å². The number of rotatable bonds is 3. The zero-order valence-corrected chi connectivity index (χ0v) is 17.1. The molecule has 8 nitrogen and oxygen atoms in total. The van der Waals surface area contributed by atoms with Crippen molar-refractivity contribution in [2.45, 2.75) is 26.1 Å². The Morgan fingerprint density at radius 3 is 2.83 bits per heavy atom. The van der Waals surface area contributed by atoms with Gasteiger partial charge in [-0.25, -0.2) is 19.4 Å². The molecule has 9 heteroatoms. The highest BCUT2D eigenvalue weighted by atomic mass is 19.1. The summed E-state index contributed by atoms with van der Waals surface area (Å²) >= 11 is 0. The number of anilines is 2. The maximum atomic E-state index is 14.5. The van der Waals surface area contributed by atoms with Crippen LogP contribution in [0, 0.1) is 11.7 Å². The van der Waals surface area contributed by atoms with Crippen molar-refractivity contribution in [1.29, 1.82) is 0 Å². The van der Waals surface area contributed by atoms with Crippen LogP contribution in [0.1, 0.15) is 19.8 Å². The molecule has 158 valence electrons. The van der Waals surface area contributed by atoms with Gasteiger partial charge >= 0.3 is 0 Å². The molecule has 5 N–H and O–H groups in total. The van der Waals surface area contributed by atoms with Gasteiger partial charge in [-0.2, -0.15) is 0 Å². The lowest BCUT2D eigenvalue weighted by Gasteiger charge is -2.35. The van der Waals surface area contributed by atoms with E-state index >= 15 is 0 Å². The lowest BCUT2D eigenvalue weighted by Crippen LogP contribution is -2.44. The molecule has 2 unspecified atom stereocenters. The Hall–Kier alpha value is -3.04. The van der Waals surface area contributed by atoms with Gasteiger partial charge in [0.05, 0.1) is 0 Å². The molecule has 0 aromatic carbocycles.